The maximum absolute atomic E-state index is 4.80. The van der Waals surface area contributed by atoms with Crippen molar-refractivity contribution in [3.05, 3.63) is 24.0 Å². The number of aryl methyl sites for hydroxylation is 1. The van der Waals surface area contributed by atoms with Crippen molar-refractivity contribution in [2.24, 2.45) is 17.5 Å². The molecule has 1 aliphatic heterocycles. The molecule has 0 radical (unpaired) electrons. The third-order valence-electron chi connectivity index (χ3n) is 4.78. The minimum absolute atomic E-state index is 0. The van der Waals surface area contributed by atoms with Crippen LogP contribution in [0.2, 0.25) is 0 Å². The van der Waals surface area contributed by atoms with Crippen LogP contribution in [0.4, 0.5) is 0 Å². The molecule has 21 heavy (non-hydrogen) atoms. The van der Waals surface area contributed by atoms with E-state index in [-0.39, 0.29) is 29.5 Å². The summed E-state index contributed by atoms with van der Waals surface area (Å²) in [6.07, 6.45) is 4.19. The van der Waals surface area contributed by atoms with Crippen LogP contribution in [0.25, 0.3) is 0 Å². The third-order valence-corrected chi connectivity index (χ3v) is 4.78. The fraction of sp³-hybridized carbons (Fsp3) is 0.688. The number of aliphatic imine (C=N–C) groups is 1. The minimum atomic E-state index is 0. The molecule has 0 aliphatic carbocycles. The zero-order valence-electron chi connectivity index (χ0n) is 14.1. The van der Waals surface area contributed by atoms with Crippen LogP contribution in [0.5, 0.6) is 0 Å². The summed E-state index contributed by atoms with van der Waals surface area (Å²) in [5.41, 5.74) is 1.72. The molecule has 0 saturated carbocycles. The molecule has 2 rings (SSSR count). The monoisotopic (exact) mass is 404 g/mol. The van der Waals surface area contributed by atoms with Crippen LogP contribution in [0, 0.1) is 5.41 Å². The van der Waals surface area contributed by atoms with E-state index in [1.807, 2.05) is 7.05 Å². The molecule has 0 aromatic carbocycles. The quantitative estimate of drug-likeness (QED) is 0.477. The predicted octanol–water partition coefficient (Wildman–Crippen LogP) is 3.23. The van der Waals surface area contributed by atoms with E-state index in [0.717, 1.165) is 25.6 Å². The molecule has 1 aromatic heterocycles. The van der Waals surface area contributed by atoms with Gasteiger partial charge in [0.25, 0.3) is 0 Å². The van der Waals surface area contributed by atoms with Crippen molar-refractivity contribution in [3.63, 3.8) is 0 Å². The van der Waals surface area contributed by atoms with Gasteiger partial charge >= 0.3 is 0 Å². The van der Waals surface area contributed by atoms with Crippen molar-refractivity contribution in [3.8, 4) is 0 Å². The zero-order chi connectivity index (χ0) is 15.0. The lowest BCUT2D eigenvalue weighted by molar-refractivity contribution is -0.0667. The van der Waals surface area contributed by atoms with Gasteiger partial charge in [0.1, 0.15) is 0 Å². The highest BCUT2D eigenvalue weighted by Crippen LogP contribution is 2.46. The molecule has 1 aromatic rings. The first-order valence-corrected chi connectivity index (χ1v) is 7.45. The van der Waals surface area contributed by atoms with Gasteiger partial charge in [-0.1, -0.05) is 13.8 Å². The summed E-state index contributed by atoms with van der Waals surface area (Å²) in [6, 6.07) is 2.12. The van der Waals surface area contributed by atoms with Crippen molar-refractivity contribution in [2.75, 3.05) is 13.1 Å². The molecule has 5 heteroatoms. The fourth-order valence-electron chi connectivity index (χ4n) is 2.62. The van der Waals surface area contributed by atoms with Crippen molar-refractivity contribution in [1.29, 1.82) is 0 Å². The second-order valence-corrected chi connectivity index (χ2v) is 6.88. The number of halogens is 1. The van der Waals surface area contributed by atoms with Gasteiger partial charge in [-0.25, -0.2) is 4.99 Å². The number of nitrogens with one attached hydrogen (secondary N) is 1. The van der Waals surface area contributed by atoms with Crippen molar-refractivity contribution in [2.45, 2.75) is 46.7 Å². The molecule has 0 unspecified atom stereocenters. The van der Waals surface area contributed by atoms with Crippen LogP contribution in [-0.4, -0.2) is 34.1 Å². The van der Waals surface area contributed by atoms with E-state index in [4.69, 9.17) is 4.99 Å². The highest BCUT2D eigenvalue weighted by atomic mass is 127. The SMILES string of the molecule is CCNC(=NCc1ccn(C)c1)N1CC(C)(C)C1(C)C.I. The molecule has 0 bridgehead atoms. The number of hydrogen-bond acceptors (Lipinski definition) is 1. The molecule has 0 amide bonds. The number of guanidine groups is 1. The molecule has 1 aliphatic rings. The number of likely N-dealkylation sites (tertiary alicyclic amines) is 1. The predicted molar refractivity (Wildman–Crippen MR) is 100 cm³/mol. The first kappa shape index (κ1) is 18.3. The maximum atomic E-state index is 4.80. The number of rotatable bonds is 3. The lowest BCUT2D eigenvalue weighted by Crippen LogP contribution is -2.72. The molecule has 4 nitrogen and oxygen atoms in total. The average molecular weight is 404 g/mol. The average Bonchev–Trinajstić information content (AvgIpc) is 2.78. The Morgan fingerprint density at radius 1 is 1.33 bits per heavy atom. The van der Waals surface area contributed by atoms with Crippen LogP contribution >= 0.6 is 24.0 Å². The summed E-state index contributed by atoms with van der Waals surface area (Å²) >= 11 is 0. The second kappa shape index (κ2) is 6.58. The summed E-state index contributed by atoms with van der Waals surface area (Å²) in [7, 11) is 2.04. The number of aromatic nitrogens is 1. The standard InChI is InChI=1S/C16H28N4.HI/c1-7-17-14(18-10-13-8-9-19(6)11-13)20-12-15(2,3)16(20,4)5;/h8-9,11H,7,10,12H2,1-6H3,(H,17,18);1H. The number of hydrogen-bond donors (Lipinski definition) is 1. The van der Waals surface area contributed by atoms with Gasteiger partial charge in [0.15, 0.2) is 5.96 Å². The summed E-state index contributed by atoms with van der Waals surface area (Å²) < 4.78 is 2.06. The van der Waals surface area contributed by atoms with Gasteiger partial charge in [-0.05, 0) is 32.4 Å². The Bertz CT molecular complexity index is 502. The van der Waals surface area contributed by atoms with E-state index in [2.05, 4.69) is 67.9 Å². The fourth-order valence-corrected chi connectivity index (χ4v) is 2.62. The van der Waals surface area contributed by atoms with Gasteiger partial charge in [0.2, 0.25) is 0 Å². The van der Waals surface area contributed by atoms with Gasteiger partial charge in [-0.15, -0.1) is 24.0 Å². The van der Waals surface area contributed by atoms with Crippen LogP contribution in [0.1, 0.15) is 40.2 Å². The van der Waals surface area contributed by atoms with E-state index >= 15 is 0 Å². The zero-order valence-corrected chi connectivity index (χ0v) is 16.4. The molecular formula is C16H29IN4. The highest BCUT2D eigenvalue weighted by molar-refractivity contribution is 14.0. The molecule has 1 N–H and O–H groups in total. The van der Waals surface area contributed by atoms with E-state index < -0.39 is 0 Å². The Morgan fingerprint density at radius 3 is 2.43 bits per heavy atom. The molecule has 0 spiro atoms. The maximum Gasteiger partial charge on any atom is 0.194 e. The lowest BCUT2D eigenvalue weighted by atomic mass is 9.65. The van der Waals surface area contributed by atoms with E-state index in [9.17, 15) is 0 Å². The van der Waals surface area contributed by atoms with Gasteiger partial charge in [-0.3, -0.25) is 0 Å². The Balaban J connectivity index is 0.00000220. The molecule has 2 heterocycles. The van der Waals surface area contributed by atoms with Crippen LogP contribution in [-0.2, 0) is 13.6 Å². The molecule has 0 atom stereocenters. The molecule has 120 valence electrons. The topological polar surface area (TPSA) is 32.6 Å². The van der Waals surface area contributed by atoms with Gasteiger partial charge in [-0.2, -0.15) is 0 Å². The Kier molecular flexibility index (Phi) is 5.75. The normalized spacial score (nSPS) is 19.7. The minimum Gasteiger partial charge on any atom is -0.357 e. The summed E-state index contributed by atoms with van der Waals surface area (Å²) in [5, 5.41) is 3.42. The second-order valence-electron chi connectivity index (χ2n) is 6.88. The summed E-state index contributed by atoms with van der Waals surface area (Å²) in [6.45, 7) is 14.1. The first-order valence-electron chi connectivity index (χ1n) is 7.45. The summed E-state index contributed by atoms with van der Waals surface area (Å²) in [4.78, 5) is 7.19. The first-order chi connectivity index (χ1) is 9.28. The van der Waals surface area contributed by atoms with Gasteiger partial charge in [0, 0.05) is 43.5 Å². The summed E-state index contributed by atoms with van der Waals surface area (Å²) in [5.74, 6) is 1.03. The molecule has 1 fully saturated rings. The van der Waals surface area contributed by atoms with E-state index in [0.29, 0.717) is 5.41 Å². The Morgan fingerprint density at radius 2 is 2.00 bits per heavy atom. The third kappa shape index (κ3) is 3.55. The molecule has 1 saturated heterocycles. The van der Waals surface area contributed by atoms with Crippen molar-refractivity contribution < 1.29 is 0 Å². The Hall–Kier alpha value is -0.720. The highest BCUT2D eigenvalue weighted by Gasteiger charge is 2.53. The van der Waals surface area contributed by atoms with Gasteiger partial charge < -0.3 is 14.8 Å². The molecular weight excluding hydrogens is 375 g/mol. The lowest BCUT2D eigenvalue weighted by Gasteiger charge is -2.62. The van der Waals surface area contributed by atoms with Crippen LogP contribution < -0.4 is 5.32 Å². The Labute approximate surface area is 146 Å². The largest absolute Gasteiger partial charge is 0.357 e. The van der Waals surface area contributed by atoms with Gasteiger partial charge in [0.05, 0.1) is 6.54 Å². The van der Waals surface area contributed by atoms with E-state index in [1.54, 1.807) is 0 Å². The van der Waals surface area contributed by atoms with Crippen LogP contribution in [0.3, 0.4) is 0 Å². The van der Waals surface area contributed by atoms with Crippen molar-refractivity contribution in [1.82, 2.24) is 14.8 Å². The smallest absolute Gasteiger partial charge is 0.194 e. The van der Waals surface area contributed by atoms with E-state index in [1.165, 1.54) is 5.56 Å². The van der Waals surface area contributed by atoms with Crippen LogP contribution in [0.15, 0.2) is 23.5 Å². The van der Waals surface area contributed by atoms with Crippen molar-refractivity contribution >= 4 is 29.9 Å². The number of nitrogens with zero attached hydrogens (tertiary/aromatic N) is 3.